The fraction of sp³-hybridized carbons (Fsp3) is 0.458. The fourth-order valence-corrected chi connectivity index (χ4v) is 13.9. The molecule has 8 aromatic rings. The first kappa shape index (κ1) is 97.1. The minimum atomic E-state index is -1.24. The van der Waals surface area contributed by atoms with E-state index in [1.54, 1.807) is 32.8 Å². The van der Waals surface area contributed by atoms with E-state index in [0.29, 0.717) is 62.3 Å². The molecule has 24 nitrogen and oxygen atoms in total. The molecule has 648 valence electrons. The van der Waals surface area contributed by atoms with Gasteiger partial charge in [-0.15, -0.1) is 0 Å². The molecular weight excluding hydrogens is 1560 g/mol. The Labute approximate surface area is 723 Å². The van der Waals surface area contributed by atoms with E-state index in [1.807, 2.05) is 173 Å². The van der Waals surface area contributed by atoms with E-state index in [1.165, 1.54) is 34.9 Å². The molecule has 0 N–H and O–H groups in total. The van der Waals surface area contributed by atoms with Crippen LogP contribution in [0.3, 0.4) is 0 Å². The number of esters is 4. The number of allylic oxidation sites excluding steroid dienone is 4. The van der Waals surface area contributed by atoms with E-state index in [9.17, 15) is 44.6 Å². The Kier molecular flexibility index (Phi) is 34.2. The number of thioether (sulfide) groups is 1. The number of hydrogen-bond acceptors (Lipinski definition) is 21. The Morgan fingerprint density at radius 1 is 0.369 bits per heavy atom. The number of rotatable bonds is 25. The topological polar surface area (TPSA) is 309 Å². The molecule has 0 spiro atoms. The summed E-state index contributed by atoms with van der Waals surface area (Å²) in [7, 11) is 7.18. The molecule has 4 aromatic heterocycles. The normalized spacial score (nSPS) is 13.7. The summed E-state index contributed by atoms with van der Waals surface area (Å²) in [6.45, 7) is 38.4. The number of benzene rings is 4. The highest BCUT2D eigenvalue weighted by molar-refractivity contribution is 7.99. The number of ether oxygens (including phenoxy) is 8. The lowest BCUT2D eigenvalue weighted by Crippen LogP contribution is -2.21. The van der Waals surface area contributed by atoms with E-state index < -0.39 is 19.4 Å². The van der Waals surface area contributed by atoms with E-state index in [2.05, 4.69) is 128 Å². The third-order valence-electron chi connectivity index (χ3n) is 21.3. The Morgan fingerprint density at radius 2 is 0.598 bits per heavy atom. The molecule has 2 saturated carbocycles. The van der Waals surface area contributed by atoms with Crippen LogP contribution < -0.4 is 0 Å². The summed E-state index contributed by atoms with van der Waals surface area (Å²) in [4.78, 5) is 47.2. The van der Waals surface area contributed by atoms with Gasteiger partial charge in [0.15, 0.2) is 29.7 Å². The van der Waals surface area contributed by atoms with Crippen molar-refractivity contribution in [3.05, 3.63) is 209 Å². The van der Waals surface area contributed by atoms with Gasteiger partial charge >= 0.3 is 23.9 Å². The minimum absolute atomic E-state index is 0.00953. The second-order valence-corrected chi connectivity index (χ2v) is 35.4. The van der Waals surface area contributed by atoms with Crippen LogP contribution in [0, 0.1) is 113 Å². The molecule has 4 aromatic carbocycles. The van der Waals surface area contributed by atoms with Crippen molar-refractivity contribution in [2.45, 2.75) is 205 Å². The molecule has 2 aliphatic rings. The SMILES string of the molecule is CSCC(=O)OCO/C(=C(/C#N)c1ccc(C(C)(C)C)cc1)c1c(C)c(C)nn1C.Cc1nn(C)c(/C(OCOC(=O)C2CC2)=C(\C#N)c2ccc(C(C)(C)C)cc2)c1C.Cc1nn(C)c(/C(OCOC(=O)C2CCCCC2)=C(\C#N)c2ccc(C(C)(C)C)cc2)c1C.Cc1nn(C)c(/C(OCOC(=O)CF)=C(\C#N)c2ccc(C(C)(C)C)cc2)c1C. The zero-order valence-corrected chi connectivity index (χ0v) is 76.5. The van der Waals surface area contributed by atoms with Crippen molar-refractivity contribution in [2.24, 2.45) is 40.0 Å². The molecule has 0 radical (unpaired) electrons. The third kappa shape index (κ3) is 25.5. The number of alkyl halides is 1. The summed E-state index contributed by atoms with van der Waals surface area (Å²) in [5.41, 5.74) is 18.5. The van der Waals surface area contributed by atoms with Gasteiger partial charge in [-0.1, -0.05) is 199 Å². The van der Waals surface area contributed by atoms with Crippen LogP contribution in [0.4, 0.5) is 4.39 Å². The van der Waals surface area contributed by atoms with Crippen LogP contribution in [-0.2, 0) is 107 Å². The molecule has 0 saturated heterocycles. The van der Waals surface area contributed by atoms with Crippen molar-refractivity contribution in [2.75, 3.05) is 45.9 Å². The number of hydrogen-bond donors (Lipinski definition) is 0. The van der Waals surface area contributed by atoms with Gasteiger partial charge in [-0.25, -0.2) is 9.18 Å². The Morgan fingerprint density at radius 3 is 0.795 bits per heavy atom. The number of halogens is 1. The molecule has 122 heavy (non-hydrogen) atoms. The zero-order valence-electron chi connectivity index (χ0n) is 75.6. The quantitative estimate of drug-likeness (QED) is 0.0169. The molecule has 2 fully saturated rings. The number of carbonyl (C=O) groups is 4. The predicted octanol–water partition coefficient (Wildman–Crippen LogP) is 19.3. The van der Waals surface area contributed by atoms with Gasteiger partial charge in [0.25, 0.3) is 0 Å². The molecule has 0 bridgehead atoms. The molecule has 26 heteroatoms. The van der Waals surface area contributed by atoms with Crippen LogP contribution in [0.5, 0.6) is 0 Å². The van der Waals surface area contributed by atoms with Gasteiger partial charge in [0.2, 0.25) is 27.2 Å². The van der Waals surface area contributed by atoms with Gasteiger partial charge in [0.1, 0.15) is 69.3 Å². The smallest absolute Gasteiger partial charge is 0.340 e. The number of carbonyl (C=O) groups excluding carboxylic acids is 4. The lowest BCUT2D eigenvalue weighted by molar-refractivity contribution is -0.158. The highest BCUT2D eigenvalue weighted by Crippen LogP contribution is 2.39. The predicted molar refractivity (Wildman–Crippen MR) is 473 cm³/mol. The van der Waals surface area contributed by atoms with Gasteiger partial charge in [-0.2, -0.15) is 53.2 Å². The second kappa shape index (κ2) is 43.0. The molecule has 4 heterocycles. The van der Waals surface area contributed by atoms with E-state index >= 15 is 0 Å². The number of nitriles is 4. The molecular formula is C96H119FN12O12S. The average molecular weight is 1680 g/mol. The molecule has 0 amide bonds. The molecule has 0 atom stereocenters. The van der Waals surface area contributed by atoms with Crippen molar-refractivity contribution in [1.29, 1.82) is 21.0 Å². The van der Waals surface area contributed by atoms with Gasteiger partial charge in [0.05, 0.1) is 40.4 Å². The lowest BCUT2D eigenvalue weighted by Gasteiger charge is -2.21. The van der Waals surface area contributed by atoms with Crippen molar-refractivity contribution >= 4 is 81.0 Å². The summed E-state index contributed by atoms with van der Waals surface area (Å²) in [6.07, 6.45) is 8.58. The van der Waals surface area contributed by atoms with Crippen molar-refractivity contribution < 1.29 is 61.5 Å². The van der Waals surface area contributed by atoms with Gasteiger partial charge in [-0.3, -0.25) is 33.1 Å². The van der Waals surface area contributed by atoms with Crippen LogP contribution in [-0.4, -0.2) is 109 Å². The summed E-state index contributed by atoms with van der Waals surface area (Å²) >= 11 is 1.38. The monoisotopic (exact) mass is 1680 g/mol. The van der Waals surface area contributed by atoms with Crippen molar-refractivity contribution in [3.63, 3.8) is 0 Å². The summed E-state index contributed by atoms with van der Waals surface area (Å²) in [6, 6.07) is 40.4. The van der Waals surface area contributed by atoms with E-state index in [0.717, 1.165) is 106 Å². The maximum atomic E-state index is 12.5. The second-order valence-electron chi connectivity index (χ2n) is 34.5. The Bertz CT molecular complexity index is 5340. The fourth-order valence-electron chi connectivity index (χ4n) is 13.6. The molecule has 0 unspecified atom stereocenters. The summed E-state index contributed by atoms with van der Waals surface area (Å²) in [5.74, 6) is -0.391. The summed E-state index contributed by atoms with van der Waals surface area (Å²) < 4.78 is 63.2. The molecule has 2 aliphatic carbocycles. The number of aromatic nitrogens is 8. The van der Waals surface area contributed by atoms with Crippen molar-refractivity contribution in [3.8, 4) is 24.3 Å². The van der Waals surface area contributed by atoms with Crippen molar-refractivity contribution in [1.82, 2.24) is 39.1 Å². The van der Waals surface area contributed by atoms with Gasteiger partial charge in [0, 0.05) is 50.4 Å². The molecule has 10 rings (SSSR count). The van der Waals surface area contributed by atoms with Crippen LogP contribution >= 0.6 is 11.8 Å². The maximum Gasteiger partial charge on any atom is 0.340 e. The van der Waals surface area contributed by atoms with Gasteiger partial charge < -0.3 is 37.9 Å². The van der Waals surface area contributed by atoms with E-state index in [4.69, 9.17) is 37.9 Å². The highest BCUT2D eigenvalue weighted by atomic mass is 32.2. The zero-order chi connectivity index (χ0) is 90.5. The maximum absolute atomic E-state index is 12.5. The first-order chi connectivity index (χ1) is 57.4. The number of nitrogens with zero attached hydrogens (tertiary/aromatic N) is 12. The van der Waals surface area contributed by atoms with Crippen LogP contribution in [0.25, 0.3) is 45.3 Å². The van der Waals surface area contributed by atoms with Gasteiger partial charge in [-0.05, 0) is 153 Å². The minimum Gasteiger partial charge on any atom is -0.454 e. The highest BCUT2D eigenvalue weighted by Gasteiger charge is 2.33. The summed E-state index contributed by atoms with van der Waals surface area (Å²) in [5, 5.41) is 57.8. The third-order valence-corrected chi connectivity index (χ3v) is 21.9. The van der Waals surface area contributed by atoms with Crippen LogP contribution in [0.2, 0.25) is 0 Å². The van der Waals surface area contributed by atoms with Crippen LogP contribution in [0.15, 0.2) is 97.1 Å². The standard InChI is InChI=1S/C27H35N3O3.C24H29N3O3.C23H29N3O3S.C22H26FN3O3/c1-18-19(2)29-30(6)24(18)25(32-17-33-26(31)21-10-8-7-9-11-21)23(16-28)20-12-14-22(15-13-20)27(3,4)5;1-15-16(2)26-27(6)21(15)22(29-14-30-23(28)18-7-8-18)20(13-25)17-9-11-19(12-10-17)24(3,4)5;1-15-16(2)25-26(6)21(15)22(29-14-28-20(27)13-30-7)19(12-24)17-8-10-18(11-9-17)23(3,4)5;1-14-15(2)25-26(6)20(14)21(29-13-28-19(27)11-23)18(12-24)16-7-9-17(10-8-16)22(3,4)5/h12-15,21H,7-11,17H2,1-6H3;9-12,18H,7-8,14H2,1-6H3;8-11H,13-14H2,1-7H3;7-10H,11,13H2,1-6H3/b25-23-;22-20-;22-19-;21-18-. The Balaban J connectivity index is 0.000000224. The Hall–Kier alpha value is -12.0. The average Bonchev–Trinajstić information content (AvgIpc) is 1.59. The number of aryl methyl sites for hydroxylation is 8. The van der Waals surface area contributed by atoms with Crippen LogP contribution in [0.1, 0.15) is 240 Å². The largest absolute Gasteiger partial charge is 0.454 e. The first-order valence-corrected chi connectivity index (χ1v) is 42.1. The van der Waals surface area contributed by atoms with E-state index in [-0.39, 0.29) is 88.9 Å². The molecule has 0 aliphatic heterocycles. The first-order valence-electron chi connectivity index (χ1n) is 40.7. The lowest BCUT2D eigenvalue weighted by atomic mass is 9.86.